The Morgan fingerprint density at radius 2 is 2.11 bits per heavy atom. The van der Waals surface area contributed by atoms with Crippen LogP contribution in [0.4, 0.5) is 10.6 Å². The van der Waals surface area contributed by atoms with Crippen LogP contribution in [0.15, 0.2) is 24.4 Å². The molecule has 2 fully saturated rings. The van der Waals surface area contributed by atoms with Crippen LogP contribution in [-0.2, 0) is 9.53 Å². The molecule has 9 heteroatoms. The number of nitrogens with one attached hydrogen (secondary N) is 2. The number of likely N-dealkylation sites (tertiary alicyclic amines) is 1. The molecule has 3 aliphatic rings. The zero-order chi connectivity index (χ0) is 24.8. The van der Waals surface area contributed by atoms with Crippen LogP contribution in [0.5, 0.6) is 0 Å². The van der Waals surface area contributed by atoms with E-state index in [2.05, 4.69) is 32.3 Å². The first-order chi connectivity index (χ1) is 16.7. The molecule has 9 nitrogen and oxygen atoms in total. The van der Waals surface area contributed by atoms with Gasteiger partial charge in [-0.25, -0.2) is 9.78 Å². The number of pyridine rings is 1. The van der Waals surface area contributed by atoms with Gasteiger partial charge < -0.3 is 19.9 Å². The van der Waals surface area contributed by atoms with E-state index < -0.39 is 5.60 Å². The summed E-state index contributed by atoms with van der Waals surface area (Å²) in [5.41, 5.74) is 2.13. The Kier molecular flexibility index (Phi) is 5.80. The zero-order valence-corrected chi connectivity index (χ0v) is 20.6. The summed E-state index contributed by atoms with van der Waals surface area (Å²) in [4.78, 5) is 36.5. The van der Waals surface area contributed by atoms with Gasteiger partial charge in [0.2, 0.25) is 5.91 Å². The topological polar surface area (TPSA) is 114 Å². The summed E-state index contributed by atoms with van der Waals surface area (Å²) in [6, 6.07) is 6.31. The number of nitrogens with zero attached hydrogens (tertiary/aromatic N) is 4. The molecule has 2 N–H and O–H groups in total. The van der Waals surface area contributed by atoms with E-state index in [1.807, 2.05) is 39.1 Å². The van der Waals surface area contributed by atoms with Crippen molar-refractivity contribution in [3.05, 3.63) is 30.0 Å². The third kappa shape index (κ3) is 4.76. The lowest BCUT2D eigenvalue weighted by molar-refractivity contribution is -0.117. The first kappa shape index (κ1) is 23.4. The maximum absolute atomic E-state index is 12.5. The van der Waals surface area contributed by atoms with Crippen molar-refractivity contribution in [1.82, 2.24) is 19.8 Å². The van der Waals surface area contributed by atoms with Gasteiger partial charge in [0, 0.05) is 43.7 Å². The number of fused-ring (bicyclic) bond motifs is 1. The number of aromatic amines is 1. The van der Waals surface area contributed by atoms with Gasteiger partial charge in [0.25, 0.3) is 0 Å². The summed E-state index contributed by atoms with van der Waals surface area (Å²) in [6.45, 7) is 8.03. The average Bonchev–Trinajstić information content (AvgIpc) is 3.52. The molecule has 0 unspecified atom stereocenters. The number of ether oxygens (including phenoxy) is 1. The molecule has 5 rings (SSSR count). The highest BCUT2D eigenvalue weighted by Crippen LogP contribution is 2.37. The number of H-pyrrole nitrogens is 1. The summed E-state index contributed by atoms with van der Waals surface area (Å²) < 4.78 is 5.50. The van der Waals surface area contributed by atoms with Crippen molar-refractivity contribution in [3.8, 4) is 6.07 Å². The Balaban J connectivity index is 1.32. The highest BCUT2D eigenvalue weighted by molar-refractivity contribution is 5.97. The van der Waals surface area contributed by atoms with Crippen LogP contribution in [0, 0.1) is 17.2 Å². The summed E-state index contributed by atoms with van der Waals surface area (Å²) >= 11 is 0. The second-order valence-corrected chi connectivity index (χ2v) is 10.9. The van der Waals surface area contributed by atoms with E-state index in [0.717, 1.165) is 42.4 Å². The molecule has 2 aromatic rings. The molecular formula is C26H32N6O3. The fourth-order valence-corrected chi connectivity index (χ4v) is 4.98. The van der Waals surface area contributed by atoms with Crippen molar-refractivity contribution < 1.29 is 14.3 Å². The normalized spacial score (nSPS) is 20.1. The molecule has 4 heterocycles. The SMILES string of the molecule is CC(C)(C)OC(=O)N1CC(CC#N)(N2CC=C(c3cc(NC(=O)C4CC4)nc4[nH]ccc34)CC2)C1. The van der Waals surface area contributed by atoms with Crippen LogP contribution in [0.1, 0.15) is 52.0 Å². The maximum atomic E-state index is 12.5. The molecule has 0 bridgehead atoms. The van der Waals surface area contributed by atoms with Gasteiger partial charge in [-0.3, -0.25) is 9.69 Å². The van der Waals surface area contributed by atoms with Gasteiger partial charge in [-0.1, -0.05) is 6.08 Å². The van der Waals surface area contributed by atoms with E-state index in [1.54, 1.807) is 4.90 Å². The van der Waals surface area contributed by atoms with Gasteiger partial charge in [0.05, 0.1) is 18.0 Å². The maximum Gasteiger partial charge on any atom is 0.410 e. The van der Waals surface area contributed by atoms with E-state index in [0.29, 0.717) is 31.9 Å². The quantitative estimate of drug-likeness (QED) is 0.676. The smallest absolute Gasteiger partial charge is 0.410 e. The summed E-state index contributed by atoms with van der Waals surface area (Å²) in [5, 5.41) is 13.5. The molecule has 0 spiro atoms. The molecule has 1 aliphatic carbocycles. The number of amides is 2. The van der Waals surface area contributed by atoms with E-state index >= 15 is 0 Å². The van der Waals surface area contributed by atoms with Crippen LogP contribution in [-0.4, -0.2) is 69.1 Å². The molecule has 2 aliphatic heterocycles. The number of hydrogen-bond acceptors (Lipinski definition) is 6. The molecule has 0 aromatic carbocycles. The van der Waals surface area contributed by atoms with Crippen molar-refractivity contribution >= 4 is 34.4 Å². The number of hydrogen-bond donors (Lipinski definition) is 2. The van der Waals surface area contributed by atoms with Crippen LogP contribution < -0.4 is 5.32 Å². The highest BCUT2D eigenvalue weighted by atomic mass is 16.6. The predicted molar refractivity (Wildman–Crippen MR) is 132 cm³/mol. The first-order valence-corrected chi connectivity index (χ1v) is 12.3. The minimum absolute atomic E-state index is 0.0381. The molecule has 2 aromatic heterocycles. The summed E-state index contributed by atoms with van der Waals surface area (Å²) in [6.07, 6.45) is 6.80. The standard InChI is InChI=1S/C26H32N6O3/c1-25(2,3)35-24(34)31-15-26(16-31,9-10-27)32-12-7-17(8-13-32)20-14-21(30-23(33)18-4-5-18)29-22-19(20)6-11-28-22/h6-7,11,14,18H,4-5,8-9,12-13,15-16H2,1-3H3,(H2,28,29,30,33). The minimum Gasteiger partial charge on any atom is -0.444 e. The Morgan fingerprint density at radius 3 is 2.74 bits per heavy atom. The Hall–Kier alpha value is -3.38. The fourth-order valence-electron chi connectivity index (χ4n) is 4.98. The Morgan fingerprint density at radius 1 is 1.34 bits per heavy atom. The van der Waals surface area contributed by atoms with Gasteiger partial charge in [0.1, 0.15) is 17.1 Å². The van der Waals surface area contributed by atoms with Crippen LogP contribution in [0.3, 0.4) is 0 Å². The minimum atomic E-state index is -0.543. The van der Waals surface area contributed by atoms with Gasteiger partial charge in [-0.05, 0) is 63.3 Å². The first-order valence-electron chi connectivity index (χ1n) is 12.3. The monoisotopic (exact) mass is 476 g/mol. The van der Waals surface area contributed by atoms with Gasteiger partial charge in [-0.2, -0.15) is 5.26 Å². The number of aromatic nitrogens is 2. The fraction of sp³-hybridized carbons (Fsp3) is 0.538. The molecule has 0 atom stereocenters. The van der Waals surface area contributed by atoms with E-state index in [-0.39, 0.29) is 23.5 Å². The lowest BCUT2D eigenvalue weighted by Gasteiger charge is -2.55. The van der Waals surface area contributed by atoms with Crippen molar-refractivity contribution in [2.75, 3.05) is 31.5 Å². The Bertz CT molecular complexity index is 1220. The molecule has 0 radical (unpaired) electrons. The van der Waals surface area contributed by atoms with Crippen molar-refractivity contribution in [2.24, 2.45) is 5.92 Å². The Labute approximate surface area is 205 Å². The molecule has 184 valence electrons. The van der Waals surface area contributed by atoms with Gasteiger partial charge >= 0.3 is 6.09 Å². The van der Waals surface area contributed by atoms with Crippen molar-refractivity contribution in [3.63, 3.8) is 0 Å². The number of carbonyl (C=O) groups excluding carboxylic acids is 2. The highest BCUT2D eigenvalue weighted by Gasteiger charge is 2.50. The molecule has 35 heavy (non-hydrogen) atoms. The van der Waals surface area contributed by atoms with Gasteiger partial charge in [-0.15, -0.1) is 0 Å². The number of carbonyl (C=O) groups is 2. The van der Waals surface area contributed by atoms with Crippen LogP contribution >= 0.6 is 0 Å². The lowest BCUT2D eigenvalue weighted by atomic mass is 9.83. The van der Waals surface area contributed by atoms with Crippen molar-refractivity contribution in [2.45, 2.75) is 57.6 Å². The number of rotatable bonds is 5. The lowest BCUT2D eigenvalue weighted by Crippen LogP contribution is -2.71. The number of nitriles is 1. The summed E-state index contributed by atoms with van der Waals surface area (Å²) in [5.74, 6) is 0.723. The van der Waals surface area contributed by atoms with Gasteiger partial charge in [0.15, 0.2) is 0 Å². The van der Waals surface area contributed by atoms with E-state index in [9.17, 15) is 14.9 Å². The van der Waals surface area contributed by atoms with E-state index in [1.165, 1.54) is 5.57 Å². The van der Waals surface area contributed by atoms with E-state index in [4.69, 9.17) is 4.74 Å². The third-order valence-electron chi connectivity index (χ3n) is 6.98. The second kappa shape index (κ2) is 8.68. The molecule has 1 saturated heterocycles. The number of anilines is 1. The largest absolute Gasteiger partial charge is 0.444 e. The zero-order valence-electron chi connectivity index (χ0n) is 20.6. The second-order valence-electron chi connectivity index (χ2n) is 10.9. The molecular weight excluding hydrogens is 444 g/mol. The third-order valence-corrected chi connectivity index (χ3v) is 6.98. The van der Waals surface area contributed by atoms with Crippen molar-refractivity contribution in [1.29, 1.82) is 5.26 Å². The molecule has 2 amide bonds. The predicted octanol–water partition coefficient (Wildman–Crippen LogP) is 3.90. The van der Waals surface area contributed by atoms with Crippen LogP contribution in [0.2, 0.25) is 0 Å². The van der Waals surface area contributed by atoms with Crippen LogP contribution in [0.25, 0.3) is 16.6 Å². The molecule has 1 saturated carbocycles. The summed E-state index contributed by atoms with van der Waals surface area (Å²) in [7, 11) is 0. The average molecular weight is 477 g/mol.